The van der Waals surface area contributed by atoms with Crippen LogP contribution in [0.2, 0.25) is 0 Å². The van der Waals surface area contributed by atoms with Gasteiger partial charge in [0.2, 0.25) is 0 Å². The van der Waals surface area contributed by atoms with Gasteiger partial charge in [-0.05, 0) is 31.7 Å². The lowest BCUT2D eigenvalue weighted by Gasteiger charge is -2.29. The molecule has 0 aromatic carbocycles. The van der Waals surface area contributed by atoms with Crippen LogP contribution < -0.4 is 0 Å². The fourth-order valence-electron chi connectivity index (χ4n) is 3.29. The van der Waals surface area contributed by atoms with Gasteiger partial charge in [0.05, 0.1) is 6.54 Å². The summed E-state index contributed by atoms with van der Waals surface area (Å²) in [7, 11) is 1.87. The summed E-state index contributed by atoms with van der Waals surface area (Å²) in [5.74, 6) is 1.41. The zero-order valence-corrected chi connectivity index (χ0v) is 14.0. The smallest absolute Gasteiger partial charge is 0.274 e. The molecule has 0 saturated heterocycles. The van der Waals surface area contributed by atoms with Crippen LogP contribution in [0, 0.1) is 12.8 Å². The number of carbonyl (C=O) groups excluding carboxylic acids is 1. The highest BCUT2D eigenvalue weighted by molar-refractivity contribution is 5.92. The topological polar surface area (TPSA) is 66.8 Å². The Morgan fingerprint density at radius 3 is 2.78 bits per heavy atom. The van der Waals surface area contributed by atoms with Crippen molar-refractivity contribution in [1.82, 2.24) is 24.6 Å². The second kappa shape index (κ2) is 6.98. The summed E-state index contributed by atoms with van der Waals surface area (Å²) in [6, 6.07) is 1.86. The fourth-order valence-corrected chi connectivity index (χ4v) is 3.29. The standard InChI is InChI=1S/C17H25N5O/c1-13-10-15(20-21(13)2)17(23)22(12-16-18-8-9-19-16)11-14-6-4-3-5-7-14/h8-10,14H,3-7,11-12H2,1-2H3,(H,18,19). The lowest BCUT2D eigenvalue weighted by Crippen LogP contribution is -2.36. The molecular formula is C17H25N5O. The number of amides is 1. The van der Waals surface area contributed by atoms with Gasteiger partial charge >= 0.3 is 0 Å². The average molecular weight is 315 g/mol. The van der Waals surface area contributed by atoms with Gasteiger partial charge in [0, 0.05) is 31.7 Å². The number of rotatable bonds is 5. The van der Waals surface area contributed by atoms with Crippen LogP contribution in [0.4, 0.5) is 0 Å². The normalized spacial score (nSPS) is 15.7. The third-order valence-electron chi connectivity index (χ3n) is 4.72. The number of nitrogens with zero attached hydrogens (tertiary/aromatic N) is 4. The number of aryl methyl sites for hydroxylation is 2. The number of hydrogen-bond donors (Lipinski definition) is 1. The van der Waals surface area contributed by atoms with Gasteiger partial charge in [-0.15, -0.1) is 0 Å². The van der Waals surface area contributed by atoms with E-state index < -0.39 is 0 Å². The van der Waals surface area contributed by atoms with Crippen molar-refractivity contribution in [1.29, 1.82) is 0 Å². The first kappa shape index (κ1) is 15.8. The van der Waals surface area contributed by atoms with Crippen molar-refractivity contribution in [3.63, 3.8) is 0 Å². The van der Waals surface area contributed by atoms with Crippen LogP contribution in [0.25, 0.3) is 0 Å². The van der Waals surface area contributed by atoms with Crippen LogP contribution in [-0.4, -0.2) is 37.1 Å². The first-order valence-corrected chi connectivity index (χ1v) is 8.41. The van der Waals surface area contributed by atoms with E-state index in [2.05, 4.69) is 15.1 Å². The monoisotopic (exact) mass is 315 g/mol. The molecule has 1 aliphatic carbocycles. The maximum absolute atomic E-state index is 12.9. The van der Waals surface area contributed by atoms with Gasteiger partial charge < -0.3 is 9.88 Å². The minimum absolute atomic E-state index is 0.00401. The van der Waals surface area contributed by atoms with Crippen molar-refractivity contribution in [3.8, 4) is 0 Å². The molecule has 1 amide bonds. The van der Waals surface area contributed by atoms with Crippen molar-refractivity contribution >= 4 is 5.91 Å². The summed E-state index contributed by atoms with van der Waals surface area (Å²) < 4.78 is 1.75. The van der Waals surface area contributed by atoms with Crippen LogP contribution in [0.15, 0.2) is 18.5 Å². The fraction of sp³-hybridized carbons (Fsp3) is 0.588. The molecule has 2 aromatic heterocycles. The number of imidazole rings is 1. The molecule has 0 radical (unpaired) electrons. The zero-order chi connectivity index (χ0) is 16.2. The predicted octanol–water partition coefficient (Wildman–Crippen LogP) is 2.67. The van der Waals surface area contributed by atoms with Gasteiger partial charge in [-0.2, -0.15) is 5.10 Å². The maximum Gasteiger partial charge on any atom is 0.274 e. The highest BCUT2D eigenvalue weighted by Crippen LogP contribution is 2.25. The molecule has 1 N–H and O–H groups in total. The van der Waals surface area contributed by atoms with E-state index in [1.807, 2.05) is 24.9 Å². The number of aromatic amines is 1. The van der Waals surface area contributed by atoms with Crippen molar-refractivity contribution in [2.45, 2.75) is 45.6 Å². The van der Waals surface area contributed by atoms with E-state index in [1.165, 1.54) is 32.1 Å². The van der Waals surface area contributed by atoms with Crippen molar-refractivity contribution in [2.24, 2.45) is 13.0 Å². The highest BCUT2D eigenvalue weighted by Gasteiger charge is 2.24. The molecule has 0 unspecified atom stereocenters. The largest absolute Gasteiger partial charge is 0.347 e. The Bertz CT molecular complexity index is 620. The Hall–Kier alpha value is -2.11. The molecule has 6 heteroatoms. The van der Waals surface area contributed by atoms with E-state index in [1.54, 1.807) is 17.1 Å². The minimum Gasteiger partial charge on any atom is -0.347 e. The lowest BCUT2D eigenvalue weighted by molar-refractivity contribution is 0.0687. The molecule has 124 valence electrons. The molecule has 1 saturated carbocycles. The van der Waals surface area contributed by atoms with E-state index in [9.17, 15) is 4.79 Å². The van der Waals surface area contributed by atoms with Gasteiger partial charge in [-0.25, -0.2) is 4.98 Å². The molecule has 1 aliphatic rings. The Labute approximate surface area is 136 Å². The Kier molecular flexibility index (Phi) is 4.79. The summed E-state index contributed by atoms with van der Waals surface area (Å²) in [6.07, 6.45) is 9.81. The molecule has 23 heavy (non-hydrogen) atoms. The van der Waals surface area contributed by atoms with E-state index in [-0.39, 0.29) is 5.91 Å². The molecule has 0 aliphatic heterocycles. The van der Waals surface area contributed by atoms with Gasteiger partial charge in [0.25, 0.3) is 5.91 Å². The molecule has 1 fully saturated rings. The first-order valence-electron chi connectivity index (χ1n) is 8.41. The van der Waals surface area contributed by atoms with Crippen molar-refractivity contribution < 1.29 is 4.79 Å². The Balaban J connectivity index is 1.76. The second-order valence-electron chi connectivity index (χ2n) is 6.52. The number of nitrogens with one attached hydrogen (secondary N) is 1. The SMILES string of the molecule is Cc1cc(C(=O)N(Cc2ncc[nH]2)CC2CCCCC2)nn1C. The van der Waals surface area contributed by atoms with Crippen molar-refractivity contribution in [2.75, 3.05) is 6.54 Å². The summed E-state index contributed by atoms with van der Waals surface area (Å²) in [6.45, 7) is 3.26. The van der Waals surface area contributed by atoms with Crippen LogP contribution in [-0.2, 0) is 13.6 Å². The average Bonchev–Trinajstić information content (AvgIpc) is 3.17. The summed E-state index contributed by atoms with van der Waals surface area (Å²) in [4.78, 5) is 22.2. The van der Waals surface area contributed by atoms with Crippen molar-refractivity contribution in [3.05, 3.63) is 35.7 Å². The number of carbonyl (C=O) groups is 1. The lowest BCUT2D eigenvalue weighted by atomic mass is 9.89. The summed E-state index contributed by atoms with van der Waals surface area (Å²) >= 11 is 0. The first-order chi connectivity index (χ1) is 11.1. The number of H-pyrrole nitrogens is 1. The summed E-state index contributed by atoms with van der Waals surface area (Å²) in [5.41, 5.74) is 1.51. The summed E-state index contributed by atoms with van der Waals surface area (Å²) in [5, 5.41) is 4.35. The van der Waals surface area contributed by atoms with E-state index in [0.717, 1.165) is 18.1 Å². The Morgan fingerprint density at radius 1 is 1.39 bits per heavy atom. The van der Waals surface area contributed by atoms with Crippen LogP contribution in [0.3, 0.4) is 0 Å². The van der Waals surface area contributed by atoms with Gasteiger partial charge in [-0.1, -0.05) is 19.3 Å². The number of hydrogen-bond acceptors (Lipinski definition) is 3. The van der Waals surface area contributed by atoms with E-state index >= 15 is 0 Å². The second-order valence-corrected chi connectivity index (χ2v) is 6.52. The molecule has 2 heterocycles. The molecule has 0 spiro atoms. The maximum atomic E-state index is 12.9. The van der Waals surface area contributed by atoms with Gasteiger partial charge in [0.15, 0.2) is 5.69 Å². The zero-order valence-electron chi connectivity index (χ0n) is 14.0. The van der Waals surface area contributed by atoms with Gasteiger partial charge in [-0.3, -0.25) is 9.48 Å². The highest BCUT2D eigenvalue weighted by atomic mass is 16.2. The van der Waals surface area contributed by atoms with Crippen LogP contribution in [0.5, 0.6) is 0 Å². The molecule has 2 aromatic rings. The van der Waals surface area contributed by atoms with Gasteiger partial charge in [0.1, 0.15) is 5.82 Å². The number of aromatic nitrogens is 4. The third-order valence-corrected chi connectivity index (χ3v) is 4.72. The minimum atomic E-state index is -0.00401. The van der Waals surface area contributed by atoms with E-state index in [4.69, 9.17) is 0 Å². The molecular weight excluding hydrogens is 290 g/mol. The molecule has 0 atom stereocenters. The molecule has 6 nitrogen and oxygen atoms in total. The molecule has 0 bridgehead atoms. The van der Waals surface area contributed by atoms with E-state index in [0.29, 0.717) is 18.2 Å². The quantitative estimate of drug-likeness (QED) is 0.922. The predicted molar refractivity (Wildman–Crippen MR) is 87.8 cm³/mol. The van der Waals surface area contributed by atoms with Crippen LogP contribution >= 0.6 is 0 Å². The van der Waals surface area contributed by atoms with Crippen LogP contribution in [0.1, 0.15) is 54.1 Å². The molecule has 3 rings (SSSR count). The Morgan fingerprint density at radius 2 is 2.17 bits per heavy atom. The third kappa shape index (κ3) is 3.81.